The average Bonchev–Trinajstić information content (AvgIpc) is 3.16. The Bertz CT molecular complexity index is 966. The van der Waals surface area contributed by atoms with Crippen molar-refractivity contribution < 1.29 is 34.4 Å². The van der Waals surface area contributed by atoms with Crippen LogP contribution in [0.15, 0.2) is 6.33 Å². The van der Waals surface area contributed by atoms with E-state index in [1.807, 2.05) is 0 Å². The Morgan fingerprint density at radius 2 is 2.00 bits per heavy atom. The minimum absolute atomic E-state index is 0.0199. The summed E-state index contributed by atoms with van der Waals surface area (Å²) in [5.41, 5.74) is 11.8. The Morgan fingerprint density at radius 1 is 1.30 bits per heavy atom. The SMILES string of the molecule is Nc1nc(N(CC(=O)O)C(=O)C(CS)NC(=O)CCC(N)C(=O)O)nc2[nH+]c[nH]c12. The molecule has 2 aromatic heterocycles. The molecule has 14 nitrogen and oxygen atoms in total. The summed E-state index contributed by atoms with van der Waals surface area (Å²) >= 11 is 4.03. The number of carboxylic acid groups (broad SMARTS) is 2. The number of imidazole rings is 1. The molecule has 162 valence electrons. The molecular formula is C15H21N8O6S+. The zero-order valence-electron chi connectivity index (χ0n) is 15.5. The summed E-state index contributed by atoms with van der Waals surface area (Å²) in [7, 11) is 0. The van der Waals surface area contributed by atoms with Gasteiger partial charge in [0.1, 0.15) is 18.6 Å². The molecule has 0 aliphatic carbocycles. The van der Waals surface area contributed by atoms with Crippen LogP contribution in [0, 0.1) is 0 Å². The van der Waals surface area contributed by atoms with Crippen LogP contribution >= 0.6 is 12.6 Å². The Labute approximate surface area is 174 Å². The van der Waals surface area contributed by atoms with Crippen LogP contribution in [0.25, 0.3) is 11.2 Å². The fourth-order valence-electron chi connectivity index (χ4n) is 2.44. The first-order valence-corrected chi connectivity index (χ1v) is 9.21. The first kappa shape index (κ1) is 22.8. The number of amides is 2. The van der Waals surface area contributed by atoms with E-state index < -0.39 is 42.4 Å². The highest BCUT2D eigenvalue weighted by molar-refractivity contribution is 7.80. The zero-order chi connectivity index (χ0) is 22.4. The molecule has 0 bridgehead atoms. The number of anilines is 2. The molecule has 0 aliphatic heterocycles. The molecule has 2 atom stereocenters. The van der Waals surface area contributed by atoms with E-state index in [4.69, 9.17) is 16.6 Å². The minimum atomic E-state index is -1.35. The molecule has 2 amide bonds. The van der Waals surface area contributed by atoms with Crippen molar-refractivity contribution in [1.29, 1.82) is 0 Å². The van der Waals surface area contributed by atoms with Crippen LogP contribution in [0.2, 0.25) is 0 Å². The van der Waals surface area contributed by atoms with Crippen LogP contribution in [-0.2, 0) is 19.2 Å². The summed E-state index contributed by atoms with van der Waals surface area (Å²) in [4.78, 5) is 61.3. The maximum absolute atomic E-state index is 12.9. The lowest BCUT2D eigenvalue weighted by atomic mass is 10.1. The van der Waals surface area contributed by atoms with Gasteiger partial charge in [0.25, 0.3) is 5.91 Å². The van der Waals surface area contributed by atoms with Gasteiger partial charge in [-0.15, -0.1) is 0 Å². The normalized spacial score (nSPS) is 12.9. The summed E-state index contributed by atoms with van der Waals surface area (Å²) in [5, 5.41) is 20.3. The number of aliphatic carboxylic acids is 2. The molecule has 2 rings (SSSR count). The van der Waals surface area contributed by atoms with Crippen molar-refractivity contribution in [3.8, 4) is 0 Å². The molecule has 2 heterocycles. The quantitative estimate of drug-likeness (QED) is 0.190. The second-order valence-corrected chi connectivity index (χ2v) is 6.53. The predicted octanol–water partition coefficient (Wildman–Crippen LogP) is -2.62. The van der Waals surface area contributed by atoms with Gasteiger partial charge in [0.15, 0.2) is 12.1 Å². The summed E-state index contributed by atoms with van der Waals surface area (Å²) in [5.74, 6) is -4.56. The van der Waals surface area contributed by atoms with Crippen molar-refractivity contribution >= 4 is 59.3 Å². The molecule has 0 radical (unpaired) electrons. The summed E-state index contributed by atoms with van der Waals surface area (Å²) in [6.45, 7) is -0.793. The Morgan fingerprint density at radius 3 is 2.60 bits per heavy atom. The van der Waals surface area contributed by atoms with Crippen LogP contribution < -0.4 is 26.7 Å². The molecule has 0 aromatic carbocycles. The first-order chi connectivity index (χ1) is 14.1. The van der Waals surface area contributed by atoms with E-state index in [-0.39, 0.29) is 36.0 Å². The van der Waals surface area contributed by atoms with Gasteiger partial charge in [-0.25, -0.2) is 4.98 Å². The number of nitrogens with zero attached hydrogens (tertiary/aromatic N) is 3. The number of aromatic amines is 2. The van der Waals surface area contributed by atoms with Gasteiger partial charge >= 0.3 is 23.5 Å². The average molecular weight is 441 g/mol. The molecule has 30 heavy (non-hydrogen) atoms. The molecule has 9 N–H and O–H groups in total. The molecule has 2 aromatic rings. The van der Waals surface area contributed by atoms with Crippen molar-refractivity contribution in [1.82, 2.24) is 20.3 Å². The highest BCUT2D eigenvalue weighted by Gasteiger charge is 2.32. The fraction of sp³-hybridized carbons (Fsp3) is 0.400. The maximum Gasteiger partial charge on any atom is 0.323 e. The molecule has 0 saturated carbocycles. The van der Waals surface area contributed by atoms with Crippen molar-refractivity contribution in [3.05, 3.63) is 6.33 Å². The lowest BCUT2D eigenvalue weighted by Gasteiger charge is -2.23. The summed E-state index contributed by atoms with van der Waals surface area (Å²) < 4.78 is 0. The van der Waals surface area contributed by atoms with E-state index in [1.54, 1.807) is 0 Å². The van der Waals surface area contributed by atoms with E-state index in [2.05, 4.69) is 37.9 Å². The second kappa shape index (κ2) is 9.84. The highest BCUT2D eigenvalue weighted by Crippen LogP contribution is 2.17. The van der Waals surface area contributed by atoms with E-state index in [0.29, 0.717) is 5.52 Å². The Kier molecular flexibility index (Phi) is 7.48. The van der Waals surface area contributed by atoms with Gasteiger partial charge in [-0.3, -0.25) is 29.1 Å². The number of nitrogens with one attached hydrogen (secondary N) is 3. The third kappa shape index (κ3) is 5.54. The van der Waals surface area contributed by atoms with Crippen molar-refractivity contribution in [2.45, 2.75) is 24.9 Å². The van der Waals surface area contributed by atoms with E-state index in [0.717, 1.165) is 4.90 Å². The van der Waals surface area contributed by atoms with Gasteiger partial charge < -0.3 is 27.0 Å². The van der Waals surface area contributed by atoms with Gasteiger partial charge in [0.05, 0.1) is 0 Å². The monoisotopic (exact) mass is 441 g/mol. The second-order valence-electron chi connectivity index (χ2n) is 6.17. The first-order valence-electron chi connectivity index (χ1n) is 8.58. The molecule has 2 unspecified atom stereocenters. The largest absolute Gasteiger partial charge is 0.480 e. The van der Waals surface area contributed by atoms with E-state index in [1.165, 1.54) is 6.33 Å². The molecule has 0 spiro atoms. The number of nitrogens with two attached hydrogens (primary N) is 2. The van der Waals surface area contributed by atoms with Gasteiger partial charge in [-0.05, 0) is 6.42 Å². The number of hydrogen-bond acceptors (Lipinski definition) is 9. The number of H-pyrrole nitrogens is 2. The van der Waals surface area contributed by atoms with Gasteiger partial charge in [-0.1, -0.05) is 4.98 Å². The third-order valence-corrected chi connectivity index (χ3v) is 4.33. The Hall–Kier alpha value is -3.46. The van der Waals surface area contributed by atoms with Gasteiger partial charge in [0.2, 0.25) is 11.4 Å². The van der Waals surface area contributed by atoms with Crippen LogP contribution in [0.5, 0.6) is 0 Å². The lowest BCUT2D eigenvalue weighted by molar-refractivity contribution is -0.347. The number of carbonyl (C=O) groups is 4. The van der Waals surface area contributed by atoms with E-state index >= 15 is 0 Å². The zero-order valence-corrected chi connectivity index (χ0v) is 16.4. The molecule has 0 fully saturated rings. The van der Waals surface area contributed by atoms with Gasteiger partial charge in [-0.2, -0.15) is 17.6 Å². The summed E-state index contributed by atoms with van der Waals surface area (Å²) in [6, 6.07) is -2.46. The smallest absolute Gasteiger partial charge is 0.323 e. The number of fused-ring (bicyclic) bond motifs is 1. The standard InChI is InChI=1S/C15H20N8O6S/c16-6(14(28)29)1-2-8(24)20-7(4-30)13(27)23(3-9(25)26)15-21-11(17)10-12(22-15)19-5-18-10/h5-7,30H,1-4,16H2,(H,20,24)(H,25,26)(H,28,29)(H3,17,18,19,21,22)/p+1. The lowest BCUT2D eigenvalue weighted by Crippen LogP contribution is -2.52. The minimum Gasteiger partial charge on any atom is -0.480 e. The van der Waals surface area contributed by atoms with Crippen LogP contribution in [0.4, 0.5) is 11.8 Å². The van der Waals surface area contributed by atoms with Crippen molar-refractivity contribution in [2.24, 2.45) is 5.73 Å². The van der Waals surface area contributed by atoms with Crippen LogP contribution in [-0.4, -0.2) is 73.3 Å². The van der Waals surface area contributed by atoms with Crippen molar-refractivity contribution in [2.75, 3.05) is 22.9 Å². The van der Waals surface area contributed by atoms with Crippen LogP contribution in [0.3, 0.4) is 0 Å². The number of hydrogen-bond donors (Lipinski definition) is 7. The highest BCUT2D eigenvalue weighted by atomic mass is 32.1. The van der Waals surface area contributed by atoms with Gasteiger partial charge in [0, 0.05) is 12.2 Å². The number of carbonyl (C=O) groups excluding carboxylic acids is 2. The number of carboxylic acids is 2. The fourth-order valence-corrected chi connectivity index (χ4v) is 2.69. The van der Waals surface area contributed by atoms with Crippen LogP contribution in [0.1, 0.15) is 12.8 Å². The number of aromatic nitrogens is 4. The molecule has 15 heteroatoms. The molecule has 0 saturated heterocycles. The topological polar surface area (TPSA) is 232 Å². The molecule has 0 aliphatic rings. The summed E-state index contributed by atoms with van der Waals surface area (Å²) in [6.07, 6.45) is 1.03. The maximum atomic E-state index is 12.9. The molecular weight excluding hydrogens is 420 g/mol. The van der Waals surface area contributed by atoms with Crippen molar-refractivity contribution in [3.63, 3.8) is 0 Å². The number of rotatable bonds is 10. The van der Waals surface area contributed by atoms with E-state index in [9.17, 15) is 24.3 Å². The Balaban J connectivity index is 2.22. The predicted molar refractivity (Wildman–Crippen MR) is 105 cm³/mol. The number of nitrogen functional groups attached to an aromatic ring is 1. The third-order valence-electron chi connectivity index (χ3n) is 3.97. The number of thiol groups is 1.